The Labute approximate surface area is 79.5 Å². The number of carbonyl (C=O) groups excluding carboxylic acids is 1. The number of amides is 1. The molecule has 0 unspecified atom stereocenters. The van der Waals surface area contributed by atoms with E-state index in [2.05, 4.69) is 24.1 Å². The van der Waals surface area contributed by atoms with E-state index in [0.29, 0.717) is 24.5 Å². The van der Waals surface area contributed by atoms with Gasteiger partial charge in [0.2, 0.25) is 5.91 Å². The Morgan fingerprint density at radius 3 is 2.77 bits per heavy atom. The van der Waals surface area contributed by atoms with E-state index in [1.807, 2.05) is 0 Å². The number of rotatable bonds is 1. The molecule has 2 rings (SSSR count). The van der Waals surface area contributed by atoms with Crippen LogP contribution in [0.3, 0.4) is 0 Å². The molecular formula is C10H18N2O. The molecular weight excluding hydrogens is 164 g/mol. The lowest BCUT2D eigenvalue weighted by Gasteiger charge is -2.30. The molecule has 74 valence electrons. The maximum Gasteiger partial charge on any atom is 0.221 e. The van der Waals surface area contributed by atoms with Crippen molar-refractivity contribution in [3.63, 3.8) is 0 Å². The van der Waals surface area contributed by atoms with Gasteiger partial charge in [0.1, 0.15) is 0 Å². The number of hydrogen-bond acceptors (Lipinski definition) is 2. The molecule has 0 aromatic heterocycles. The van der Waals surface area contributed by atoms with Crippen LogP contribution < -0.4 is 5.32 Å². The standard InChI is InChI=1S/C10H18N2O/c1-7(2)12-8-3-4-9(12)6-11-10(13)5-8/h7-9H,3-6H2,1-2H3,(H,11,13)/t8-,9+/m0/s1. The summed E-state index contributed by atoms with van der Waals surface area (Å²) in [7, 11) is 0. The van der Waals surface area contributed by atoms with Crippen molar-refractivity contribution in [1.82, 2.24) is 10.2 Å². The summed E-state index contributed by atoms with van der Waals surface area (Å²) < 4.78 is 0. The van der Waals surface area contributed by atoms with Gasteiger partial charge >= 0.3 is 0 Å². The molecule has 2 atom stereocenters. The minimum absolute atomic E-state index is 0.234. The van der Waals surface area contributed by atoms with Crippen molar-refractivity contribution in [1.29, 1.82) is 0 Å². The van der Waals surface area contributed by atoms with Crippen LogP contribution in [0.2, 0.25) is 0 Å². The Morgan fingerprint density at radius 2 is 2.08 bits per heavy atom. The molecule has 2 aliphatic rings. The van der Waals surface area contributed by atoms with E-state index >= 15 is 0 Å². The van der Waals surface area contributed by atoms with Crippen molar-refractivity contribution in [2.75, 3.05) is 6.54 Å². The van der Waals surface area contributed by atoms with E-state index in [4.69, 9.17) is 0 Å². The average Bonchev–Trinajstić information content (AvgIpc) is 2.34. The molecule has 1 N–H and O–H groups in total. The number of carbonyl (C=O) groups is 1. The van der Waals surface area contributed by atoms with E-state index in [9.17, 15) is 4.79 Å². The summed E-state index contributed by atoms with van der Waals surface area (Å²) >= 11 is 0. The molecule has 13 heavy (non-hydrogen) atoms. The van der Waals surface area contributed by atoms with Gasteiger partial charge < -0.3 is 5.32 Å². The molecule has 3 heteroatoms. The third kappa shape index (κ3) is 1.57. The lowest BCUT2D eigenvalue weighted by molar-refractivity contribution is -0.121. The third-order valence-corrected chi connectivity index (χ3v) is 3.23. The minimum Gasteiger partial charge on any atom is -0.354 e. The summed E-state index contributed by atoms with van der Waals surface area (Å²) in [6, 6.07) is 1.68. The highest BCUT2D eigenvalue weighted by Crippen LogP contribution is 2.29. The topological polar surface area (TPSA) is 32.3 Å². The summed E-state index contributed by atoms with van der Waals surface area (Å²) in [5.41, 5.74) is 0. The monoisotopic (exact) mass is 182 g/mol. The molecule has 0 spiro atoms. The van der Waals surface area contributed by atoms with Crippen LogP contribution in [-0.4, -0.2) is 35.5 Å². The molecule has 0 saturated carbocycles. The molecule has 3 nitrogen and oxygen atoms in total. The van der Waals surface area contributed by atoms with Gasteiger partial charge in [-0.2, -0.15) is 0 Å². The van der Waals surface area contributed by atoms with Gasteiger partial charge in [-0.15, -0.1) is 0 Å². The SMILES string of the molecule is CC(C)N1[C@@H]2CC[C@H]1CC(=O)NC2. The van der Waals surface area contributed by atoms with Gasteiger partial charge in [-0.1, -0.05) is 0 Å². The van der Waals surface area contributed by atoms with Crippen LogP contribution in [-0.2, 0) is 4.79 Å². The maximum atomic E-state index is 11.3. The van der Waals surface area contributed by atoms with Gasteiger partial charge in [0.05, 0.1) is 0 Å². The highest BCUT2D eigenvalue weighted by atomic mass is 16.1. The van der Waals surface area contributed by atoms with E-state index in [1.165, 1.54) is 12.8 Å². The van der Waals surface area contributed by atoms with E-state index in [1.54, 1.807) is 0 Å². The van der Waals surface area contributed by atoms with Gasteiger partial charge in [0.25, 0.3) is 0 Å². The Hall–Kier alpha value is -0.570. The Bertz CT molecular complexity index is 215. The van der Waals surface area contributed by atoms with Crippen LogP contribution in [0.1, 0.15) is 33.1 Å². The smallest absolute Gasteiger partial charge is 0.221 e. The second-order valence-corrected chi connectivity index (χ2v) is 4.43. The predicted molar refractivity (Wildman–Crippen MR) is 51.4 cm³/mol. The van der Waals surface area contributed by atoms with E-state index in [-0.39, 0.29) is 5.91 Å². The summed E-state index contributed by atoms with van der Waals surface area (Å²) in [6.07, 6.45) is 3.16. The molecule has 1 amide bonds. The summed E-state index contributed by atoms with van der Waals surface area (Å²) in [5.74, 6) is 0.234. The molecule has 2 heterocycles. The van der Waals surface area contributed by atoms with Gasteiger partial charge in [0, 0.05) is 31.1 Å². The number of nitrogens with zero attached hydrogens (tertiary/aromatic N) is 1. The summed E-state index contributed by atoms with van der Waals surface area (Å²) in [5, 5.41) is 2.98. The van der Waals surface area contributed by atoms with Gasteiger partial charge in [-0.3, -0.25) is 9.69 Å². The first kappa shape index (κ1) is 9.00. The Kier molecular flexibility index (Phi) is 2.28. The zero-order chi connectivity index (χ0) is 9.42. The van der Waals surface area contributed by atoms with Crippen molar-refractivity contribution < 1.29 is 4.79 Å². The number of fused-ring (bicyclic) bond motifs is 2. The van der Waals surface area contributed by atoms with Crippen LogP contribution in [0.25, 0.3) is 0 Å². The Morgan fingerprint density at radius 1 is 1.38 bits per heavy atom. The largest absolute Gasteiger partial charge is 0.354 e. The molecule has 0 aromatic rings. The highest BCUT2D eigenvalue weighted by molar-refractivity contribution is 5.77. The molecule has 0 radical (unpaired) electrons. The average molecular weight is 182 g/mol. The second-order valence-electron chi connectivity index (χ2n) is 4.43. The van der Waals surface area contributed by atoms with Crippen LogP contribution in [0.15, 0.2) is 0 Å². The maximum absolute atomic E-state index is 11.3. The molecule has 2 bridgehead atoms. The number of nitrogens with one attached hydrogen (secondary N) is 1. The number of hydrogen-bond donors (Lipinski definition) is 1. The van der Waals surface area contributed by atoms with Crippen LogP contribution in [0, 0.1) is 0 Å². The fraction of sp³-hybridized carbons (Fsp3) is 0.900. The molecule has 2 fully saturated rings. The molecule has 2 aliphatic heterocycles. The third-order valence-electron chi connectivity index (χ3n) is 3.23. The van der Waals surface area contributed by atoms with Crippen molar-refractivity contribution in [3.05, 3.63) is 0 Å². The van der Waals surface area contributed by atoms with Gasteiger partial charge in [0.15, 0.2) is 0 Å². The van der Waals surface area contributed by atoms with Crippen molar-refractivity contribution in [2.45, 2.75) is 51.2 Å². The summed E-state index contributed by atoms with van der Waals surface area (Å²) in [4.78, 5) is 13.8. The normalized spacial score (nSPS) is 34.8. The lowest BCUT2D eigenvalue weighted by Crippen LogP contribution is -2.42. The Balaban J connectivity index is 2.15. The van der Waals surface area contributed by atoms with Crippen LogP contribution >= 0.6 is 0 Å². The minimum atomic E-state index is 0.234. The first-order valence-electron chi connectivity index (χ1n) is 5.22. The first-order valence-corrected chi connectivity index (χ1v) is 5.22. The van der Waals surface area contributed by atoms with Crippen molar-refractivity contribution in [2.24, 2.45) is 0 Å². The zero-order valence-electron chi connectivity index (χ0n) is 8.42. The highest BCUT2D eigenvalue weighted by Gasteiger charge is 2.38. The van der Waals surface area contributed by atoms with E-state index < -0.39 is 0 Å². The first-order chi connectivity index (χ1) is 6.18. The van der Waals surface area contributed by atoms with Crippen molar-refractivity contribution >= 4 is 5.91 Å². The fourth-order valence-electron chi connectivity index (χ4n) is 2.76. The summed E-state index contributed by atoms with van der Waals surface area (Å²) in [6.45, 7) is 5.30. The molecule has 2 saturated heterocycles. The van der Waals surface area contributed by atoms with E-state index in [0.717, 1.165) is 6.54 Å². The van der Waals surface area contributed by atoms with Crippen molar-refractivity contribution in [3.8, 4) is 0 Å². The lowest BCUT2D eigenvalue weighted by atomic mass is 10.1. The predicted octanol–water partition coefficient (Wildman–Crippen LogP) is 0.748. The second kappa shape index (κ2) is 3.29. The fourth-order valence-corrected chi connectivity index (χ4v) is 2.76. The van der Waals surface area contributed by atoms with Gasteiger partial charge in [-0.25, -0.2) is 0 Å². The molecule has 0 aliphatic carbocycles. The van der Waals surface area contributed by atoms with Crippen LogP contribution in [0.5, 0.6) is 0 Å². The molecule has 0 aromatic carbocycles. The zero-order valence-corrected chi connectivity index (χ0v) is 8.42. The van der Waals surface area contributed by atoms with Crippen LogP contribution in [0.4, 0.5) is 0 Å². The van der Waals surface area contributed by atoms with Gasteiger partial charge in [-0.05, 0) is 26.7 Å². The quantitative estimate of drug-likeness (QED) is 0.649.